The van der Waals surface area contributed by atoms with E-state index in [4.69, 9.17) is 0 Å². The maximum Gasteiger partial charge on any atom is 0.270 e. The Morgan fingerprint density at radius 1 is 1.44 bits per heavy atom. The highest BCUT2D eigenvalue weighted by Crippen LogP contribution is 2.16. The third-order valence-electron chi connectivity index (χ3n) is 1.63. The zero-order valence-electron chi connectivity index (χ0n) is 9.28. The number of nitrogens with one attached hydrogen (secondary N) is 1. The van der Waals surface area contributed by atoms with E-state index in [-0.39, 0.29) is 11.3 Å². The Bertz CT molecular complexity index is 394. The molecule has 0 radical (unpaired) electrons. The predicted octanol–water partition coefficient (Wildman–Crippen LogP) is 2.12. The smallest absolute Gasteiger partial charge is 0.270 e. The number of amides is 1. The van der Waals surface area contributed by atoms with Crippen LogP contribution in [0.4, 0.5) is 10.1 Å². The van der Waals surface area contributed by atoms with E-state index in [1.807, 2.05) is 13.8 Å². The van der Waals surface area contributed by atoms with Crippen LogP contribution >= 0.6 is 0 Å². The van der Waals surface area contributed by atoms with Crippen LogP contribution in [0.3, 0.4) is 0 Å². The van der Waals surface area contributed by atoms with Gasteiger partial charge in [0.05, 0.1) is 10.5 Å². The Kier molecular flexibility index (Phi) is 5.69. The highest BCUT2D eigenvalue weighted by Gasteiger charge is 2.15. The van der Waals surface area contributed by atoms with Crippen LogP contribution in [0.5, 0.6) is 0 Å². The first-order valence-electron chi connectivity index (χ1n) is 4.72. The van der Waals surface area contributed by atoms with Gasteiger partial charge in [-0.05, 0) is 6.07 Å². The molecule has 1 rings (SSSR count). The van der Waals surface area contributed by atoms with Gasteiger partial charge in [0.25, 0.3) is 11.6 Å². The number of nitrogens with zero attached hydrogens (tertiary/aromatic N) is 1. The number of benzene rings is 1. The predicted molar refractivity (Wildman–Crippen MR) is 57.8 cm³/mol. The number of nitro groups is 1. The van der Waals surface area contributed by atoms with Crippen LogP contribution in [0.2, 0.25) is 0 Å². The minimum absolute atomic E-state index is 0.315. The first-order chi connectivity index (χ1) is 7.56. The van der Waals surface area contributed by atoms with Gasteiger partial charge in [0.1, 0.15) is 5.82 Å². The van der Waals surface area contributed by atoms with E-state index in [9.17, 15) is 19.3 Å². The molecule has 1 aromatic rings. The van der Waals surface area contributed by atoms with Crippen LogP contribution < -0.4 is 5.32 Å². The van der Waals surface area contributed by atoms with Crippen LogP contribution in [-0.4, -0.2) is 17.9 Å². The minimum Gasteiger partial charge on any atom is -0.355 e. The number of rotatable bonds is 2. The summed E-state index contributed by atoms with van der Waals surface area (Å²) in [5, 5.41) is 12.5. The SMILES string of the molecule is CC.CNC(=O)c1cc([N+](=O)[O-])ccc1F. The van der Waals surface area contributed by atoms with Gasteiger partial charge in [-0.2, -0.15) is 0 Å². The molecule has 5 nitrogen and oxygen atoms in total. The van der Waals surface area contributed by atoms with Crippen molar-refractivity contribution in [2.75, 3.05) is 7.05 Å². The minimum atomic E-state index is -0.782. The van der Waals surface area contributed by atoms with Crippen molar-refractivity contribution in [2.45, 2.75) is 13.8 Å². The zero-order valence-corrected chi connectivity index (χ0v) is 9.28. The Morgan fingerprint density at radius 3 is 2.44 bits per heavy atom. The lowest BCUT2D eigenvalue weighted by molar-refractivity contribution is -0.384. The van der Waals surface area contributed by atoms with Crippen LogP contribution in [-0.2, 0) is 0 Å². The van der Waals surface area contributed by atoms with Crippen molar-refractivity contribution in [3.63, 3.8) is 0 Å². The maximum atomic E-state index is 13.0. The summed E-state index contributed by atoms with van der Waals surface area (Å²) < 4.78 is 13.0. The summed E-state index contributed by atoms with van der Waals surface area (Å²) in [4.78, 5) is 20.7. The van der Waals surface area contributed by atoms with Gasteiger partial charge in [-0.1, -0.05) is 13.8 Å². The number of hydrogen-bond acceptors (Lipinski definition) is 3. The largest absolute Gasteiger partial charge is 0.355 e. The maximum absolute atomic E-state index is 13.0. The first-order valence-corrected chi connectivity index (χ1v) is 4.72. The van der Waals surface area contributed by atoms with Gasteiger partial charge < -0.3 is 5.32 Å². The lowest BCUT2D eigenvalue weighted by Crippen LogP contribution is -2.19. The van der Waals surface area contributed by atoms with Crippen molar-refractivity contribution in [3.8, 4) is 0 Å². The van der Waals surface area contributed by atoms with Crippen molar-refractivity contribution in [3.05, 3.63) is 39.7 Å². The Labute approximate surface area is 92.4 Å². The number of nitro benzene ring substituents is 1. The molecule has 16 heavy (non-hydrogen) atoms. The molecule has 0 spiro atoms. The summed E-state index contributed by atoms with van der Waals surface area (Å²) in [7, 11) is 1.32. The van der Waals surface area contributed by atoms with E-state index in [2.05, 4.69) is 5.32 Å². The Hall–Kier alpha value is -1.98. The van der Waals surface area contributed by atoms with Gasteiger partial charge in [0.15, 0.2) is 0 Å². The molecule has 0 saturated heterocycles. The third kappa shape index (κ3) is 3.30. The second-order valence-electron chi connectivity index (χ2n) is 2.50. The van der Waals surface area contributed by atoms with Gasteiger partial charge in [-0.25, -0.2) is 4.39 Å². The molecule has 0 aromatic heterocycles. The lowest BCUT2D eigenvalue weighted by Gasteiger charge is -2.00. The molecule has 88 valence electrons. The summed E-state index contributed by atoms with van der Waals surface area (Å²) in [5.74, 6) is -1.47. The van der Waals surface area contributed by atoms with E-state index >= 15 is 0 Å². The molecule has 1 N–H and O–H groups in total. The number of carbonyl (C=O) groups is 1. The third-order valence-corrected chi connectivity index (χ3v) is 1.63. The van der Waals surface area contributed by atoms with Crippen molar-refractivity contribution in [1.82, 2.24) is 5.32 Å². The van der Waals surface area contributed by atoms with E-state index < -0.39 is 16.6 Å². The van der Waals surface area contributed by atoms with Crippen LogP contribution in [0.1, 0.15) is 24.2 Å². The standard InChI is InChI=1S/C8H7FN2O3.C2H6/c1-10-8(12)6-4-5(11(13)14)2-3-7(6)9;1-2/h2-4H,1H3,(H,10,12);1-2H3. The molecule has 6 heteroatoms. The molecule has 1 amide bonds. The summed E-state index contributed by atoms with van der Waals surface area (Å²) in [6.07, 6.45) is 0. The molecule has 0 atom stereocenters. The fourth-order valence-electron chi connectivity index (χ4n) is 0.935. The van der Waals surface area contributed by atoms with Gasteiger partial charge in [0, 0.05) is 19.2 Å². The van der Waals surface area contributed by atoms with Crippen LogP contribution in [0, 0.1) is 15.9 Å². The molecule has 0 saturated carbocycles. The molecular formula is C10H13FN2O3. The van der Waals surface area contributed by atoms with E-state index in [1.165, 1.54) is 7.05 Å². The zero-order chi connectivity index (χ0) is 12.7. The van der Waals surface area contributed by atoms with E-state index in [0.717, 1.165) is 18.2 Å². The number of halogens is 1. The Morgan fingerprint density at radius 2 is 2.00 bits per heavy atom. The Balaban J connectivity index is 0.00000106. The van der Waals surface area contributed by atoms with Gasteiger partial charge in [-0.15, -0.1) is 0 Å². The van der Waals surface area contributed by atoms with Crippen LogP contribution in [0.25, 0.3) is 0 Å². The van der Waals surface area contributed by atoms with Gasteiger partial charge >= 0.3 is 0 Å². The first kappa shape index (κ1) is 14.0. The molecule has 0 aliphatic rings. The molecule has 1 aromatic carbocycles. The van der Waals surface area contributed by atoms with Crippen LogP contribution in [0.15, 0.2) is 18.2 Å². The molecule has 0 bridgehead atoms. The molecule has 0 fully saturated rings. The summed E-state index contributed by atoms with van der Waals surface area (Å²) in [6, 6.07) is 2.79. The summed E-state index contributed by atoms with van der Waals surface area (Å²) in [6.45, 7) is 4.00. The average Bonchev–Trinajstić information content (AvgIpc) is 2.31. The fraction of sp³-hybridized carbons (Fsp3) is 0.300. The molecule has 0 unspecified atom stereocenters. The number of hydrogen-bond donors (Lipinski definition) is 1. The van der Waals surface area contributed by atoms with Gasteiger partial charge in [0.2, 0.25) is 0 Å². The monoisotopic (exact) mass is 228 g/mol. The van der Waals surface area contributed by atoms with Gasteiger partial charge in [-0.3, -0.25) is 14.9 Å². The second-order valence-corrected chi connectivity index (χ2v) is 2.50. The van der Waals surface area contributed by atoms with Crippen molar-refractivity contribution in [2.24, 2.45) is 0 Å². The average molecular weight is 228 g/mol. The molecule has 0 aliphatic heterocycles. The molecule has 0 heterocycles. The lowest BCUT2D eigenvalue weighted by atomic mass is 10.2. The highest BCUT2D eigenvalue weighted by molar-refractivity contribution is 5.94. The molecular weight excluding hydrogens is 215 g/mol. The number of carbonyl (C=O) groups excluding carboxylic acids is 1. The fourth-order valence-corrected chi connectivity index (χ4v) is 0.935. The second kappa shape index (κ2) is 6.49. The van der Waals surface area contributed by atoms with Crippen molar-refractivity contribution < 1.29 is 14.1 Å². The van der Waals surface area contributed by atoms with E-state index in [0.29, 0.717) is 0 Å². The molecule has 0 aliphatic carbocycles. The summed E-state index contributed by atoms with van der Waals surface area (Å²) >= 11 is 0. The normalized spacial score (nSPS) is 8.75. The quantitative estimate of drug-likeness (QED) is 0.622. The van der Waals surface area contributed by atoms with Crippen molar-refractivity contribution in [1.29, 1.82) is 0 Å². The number of non-ortho nitro benzene ring substituents is 1. The van der Waals surface area contributed by atoms with E-state index in [1.54, 1.807) is 0 Å². The summed E-state index contributed by atoms with van der Waals surface area (Å²) in [5.41, 5.74) is -0.647. The topological polar surface area (TPSA) is 72.2 Å². The van der Waals surface area contributed by atoms with Crippen molar-refractivity contribution >= 4 is 11.6 Å². The highest BCUT2D eigenvalue weighted by atomic mass is 19.1.